The molecule has 0 aliphatic carbocycles. The van der Waals surface area contributed by atoms with Crippen LogP contribution in [0.5, 0.6) is 0 Å². The van der Waals surface area contributed by atoms with Crippen molar-refractivity contribution < 1.29 is 44.2 Å². The number of allylic oxidation sites excluding steroid dienone is 12. The Labute approximate surface area is 340 Å². The molecule has 6 unspecified atom stereocenters. The fourth-order valence-corrected chi connectivity index (χ4v) is 6.17. The molecule has 1 rings (SSSR count). The van der Waals surface area contributed by atoms with Gasteiger partial charge in [-0.1, -0.05) is 145 Å². The molecule has 0 aromatic heterocycles. The lowest BCUT2D eigenvalue weighted by atomic mass is 9.99. The molecular weight excluding hydrogens is 709 g/mol. The fourth-order valence-electron chi connectivity index (χ4n) is 6.17. The van der Waals surface area contributed by atoms with E-state index in [1.165, 1.54) is 70.6 Å². The maximum absolute atomic E-state index is 12.8. The maximum Gasteiger partial charge on any atom is 0.306 e. The van der Waals surface area contributed by atoms with Gasteiger partial charge in [0.2, 0.25) is 0 Å². The Balaban J connectivity index is 2.31. The summed E-state index contributed by atoms with van der Waals surface area (Å²) in [5, 5.41) is 40.1. The Bertz CT molecular complexity index is 1080. The van der Waals surface area contributed by atoms with E-state index in [-0.39, 0.29) is 19.2 Å². The number of carbonyl (C=O) groups excluding carboxylic acids is 1. The zero-order valence-electron chi connectivity index (χ0n) is 35.1. The number of esters is 1. The summed E-state index contributed by atoms with van der Waals surface area (Å²) in [5.74, 6) is -0.340. The van der Waals surface area contributed by atoms with E-state index < -0.39 is 43.4 Å². The minimum atomic E-state index is -1.55. The van der Waals surface area contributed by atoms with E-state index in [2.05, 4.69) is 86.8 Å². The third-order valence-electron chi connectivity index (χ3n) is 9.61. The van der Waals surface area contributed by atoms with E-state index in [0.29, 0.717) is 13.0 Å². The van der Waals surface area contributed by atoms with Crippen LogP contribution in [-0.4, -0.2) is 89.6 Å². The molecule has 1 aliphatic heterocycles. The molecule has 0 aromatic carbocycles. The van der Waals surface area contributed by atoms with Crippen LogP contribution in [0.4, 0.5) is 0 Å². The quantitative estimate of drug-likeness (QED) is 0.0278. The first-order valence-corrected chi connectivity index (χ1v) is 22.0. The van der Waals surface area contributed by atoms with Gasteiger partial charge in [-0.25, -0.2) is 0 Å². The molecule has 1 fully saturated rings. The Morgan fingerprint density at radius 2 is 1.09 bits per heavy atom. The number of rotatable bonds is 36. The summed E-state index contributed by atoms with van der Waals surface area (Å²) >= 11 is 0. The van der Waals surface area contributed by atoms with Gasteiger partial charge in [-0.3, -0.25) is 4.79 Å². The third-order valence-corrected chi connectivity index (χ3v) is 9.61. The smallest absolute Gasteiger partial charge is 0.306 e. The lowest BCUT2D eigenvalue weighted by molar-refractivity contribution is -0.305. The first-order valence-electron chi connectivity index (χ1n) is 22.0. The summed E-state index contributed by atoms with van der Waals surface area (Å²) < 4.78 is 22.7. The Morgan fingerprint density at radius 3 is 1.64 bits per heavy atom. The van der Waals surface area contributed by atoms with Crippen LogP contribution in [0.25, 0.3) is 0 Å². The number of hydrogen-bond acceptors (Lipinski definition) is 9. The van der Waals surface area contributed by atoms with Crippen molar-refractivity contribution in [2.45, 2.75) is 192 Å². The van der Waals surface area contributed by atoms with Crippen molar-refractivity contribution in [1.29, 1.82) is 0 Å². The predicted molar refractivity (Wildman–Crippen MR) is 228 cm³/mol. The molecule has 0 spiro atoms. The Morgan fingerprint density at radius 1 is 0.589 bits per heavy atom. The molecule has 9 nitrogen and oxygen atoms in total. The molecule has 9 heteroatoms. The van der Waals surface area contributed by atoms with Crippen LogP contribution >= 0.6 is 0 Å². The molecule has 4 N–H and O–H groups in total. The van der Waals surface area contributed by atoms with Crippen molar-refractivity contribution >= 4 is 5.97 Å². The van der Waals surface area contributed by atoms with Crippen molar-refractivity contribution in [2.24, 2.45) is 0 Å². The number of ether oxygens (including phenoxy) is 4. The maximum atomic E-state index is 12.8. The summed E-state index contributed by atoms with van der Waals surface area (Å²) in [7, 11) is 0. The van der Waals surface area contributed by atoms with Crippen LogP contribution in [-0.2, 0) is 23.7 Å². The van der Waals surface area contributed by atoms with Crippen molar-refractivity contribution in [3.8, 4) is 0 Å². The molecule has 322 valence electrons. The summed E-state index contributed by atoms with van der Waals surface area (Å²) in [6, 6.07) is 0. The van der Waals surface area contributed by atoms with Gasteiger partial charge >= 0.3 is 5.97 Å². The van der Waals surface area contributed by atoms with Crippen LogP contribution in [0.15, 0.2) is 72.9 Å². The molecule has 6 atom stereocenters. The number of aliphatic hydroxyl groups is 4. The molecular formula is C47H80O9. The van der Waals surface area contributed by atoms with Crippen molar-refractivity contribution in [3.05, 3.63) is 72.9 Å². The Hall–Kier alpha value is -2.37. The van der Waals surface area contributed by atoms with E-state index in [4.69, 9.17) is 18.9 Å². The molecule has 0 radical (unpaired) electrons. The first-order chi connectivity index (χ1) is 27.4. The second-order valence-corrected chi connectivity index (χ2v) is 14.8. The minimum absolute atomic E-state index is 0.101. The Kier molecular flexibility index (Phi) is 35.2. The molecule has 1 heterocycles. The highest BCUT2D eigenvalue weighted by Gasteiger charge is 2.44. The summed E-state index contributed by atoms with van der Waals surface area (Å²) in [6.45, 7) is 4.25. The van der Waals surface area contributed by atoms with Crippen LogP contribution in [0.3, 0.4) is 0 Å². The van der Waals surface area contributed by atoms with Crippen LogP contribution in [0, 0.1) is 0 Å². The zero-order valence-corrected chi connectivity index (χ0v) is 35.1. The summed E-state index contributed by atoms with van der Waals surface area (Å²) in [5.41, 5.74) is 0. The highest BCUT2D eigenvalue weighted by Crippen LogP contribution is 2.22. The van der Waals surface area contributed by atoms with E-state index in [9.17, 15) is 25.2 Å². The minimum Gasteiger partial charge on any atom is -0.457 e. The number of hydrogen-bond donors (Lipinski definition) is 4. The summed E-state index contributed by atoms with van der Waals surface area (Å²) in [6.07, 6.45) is 42.2. The monoisotopic (exact) mass is 789 g/mol. The molecule has 1 aliphatic rings. The molecule has 56 heavy (non-hydrogen) atoms. The van der Waals surface area contributed by atoms with E-state index in [1.807, 2.05) is 0 Å². The van der Waals surface area contributed by atoms with Gasteiger partial charge in [0.25, 0.3) is 0 Å². The van der Waals surface area contributed by atoms with E-state index in [0.717, 1.165) is 64.2 Å². The largest absolute Gasteiger partial charge is 0.457 e. The van der Waals surface area contributed by atoms with Gasteiger partial charge in [-0.2, -0.15) is 0 Å². The summed E-state index contributed by atoms with van der Waals surface area (Å²) in [4.78, 5) is 12.8. The standard InChI is InChI=1S/C47H80O9/c1-3-5-7-9-11-13-15-17-19-20-21-22-23-24-26-28-30-32-34-36-43(49)55-41(40-54-47-46(52)45(51)44(50)42(38-48)56-47)39-53-37-35-33-31-29-27-25-18-16-14-12-10-8-6-4-2/h6,8,11-14,17-19,25,29,31,41-42,44-48,50-52H,3-5,7,9-10,15-16,20-24,26-28,30,32-40H2,1-2H3/b8-6-,13-11-,14-12-,19-17-,25-18-,31-29-. The van der Waals surface area contributed by atoms with Crippen LogP contribution in [0.1, 0.15) is 155 Å². The zero-order chi connectivity index (χ0) is 40.7. The van der Waals surface area contributed by atoms with Crippen molar-refractivity contribution in [3.63, 3.8) is 0 Å². The average Bonchev–Trinajstić information content (AvgIpc) is 3.20. The SMILES string of the molecule is CC/C=C\C/C=C\C/C=C\C/C=C\CCCOCC(COC1OC(CO)C(O)C(O)C1O)OC(=O)CCCCCCCCCCC/C=C\C/C=C\CCCCC. The topological polar surface area (TPSA) is 135 Å². The fraction of sp³-hybridized carbons (Fsp3) is 0.723. The number of unbranched alkanes of at least 4 members (excludes halogenated alkanes) is 13. The lowest BCUT2D eigenvalue weighted by Crippen LogP contribution is -2.59. The molecule has 0 aromatic rings. The number of aliphatic hydroxyl groups excluding tert-OH is 4. The van der Waals surface area contributed by atoms with Gasteiger partial charge < -0.3 is 39.4 Å². The molecule has 0 bridgehead atoms. The van der Waals surface area contributed by atoms with Crippen molar-refractivity contribution in [1.82, 2.24) is 0 Å². The van der Waals surface area contributed by atoms with E-state index in [1.54, 1.807) is 0 Å². The second-order valence-electron chi connectivity index (χ2n) is 14.8. The predicted octanol–water partition coefficient (Wildman–Crippen LogP) is 9.69. The first kappa shape index (κ1) is 51.6. The second kappa shape index (κ2) is 38.2. The number of carbonyl (C=O) groups is 1. The third kappa shape index (κ3) is 28.9. The normalized spacial score (nSPS) is 21.3. The average molecular weight is 789 g/mol. The van der Waals surface area contributed by atoms with Crippen LogP contribution in [0.2, 0.25) is 0 Å². The van der Waals surface area contributed by atoms with Gasteiger partial charge in [0.1, 0.15) is 30.5 Å². The van der Waals surface area contributed by atoms with Gasteiger partial charge in [0, 0.05) is 13.0 Å². The molecule has 0 saturated carbocycles. The van der Waals surface area contributed by atoms with Gasteiger partial charge in [0.15, 0.2) is 6.29 Å². The lowest BCUT2D eigenvalue weighted by Gasteiger charge is -2.39. The van der Waals surface area contributed by atoms with Gasteiger partial charge in [-0.05, 0) is 77.0 Å². The van der Waals surface area contributed by atoms with Gasteiger partial charge in [0.05, 0.1) is 19.8 Å². The molecule has 0 amide bonds. The highest BCUT2D eigenvalue weighted by atomic mass is 16.7. The molecule has 1 saturated heterocycles. The van der Waals surface area contributed by atoms with E-state index >= 15 is 0 Å². The highest BCUT2D eigenvalue weighted by molar-refractivity contribution is 5.69. The van der Waals surface area contributed by atoms with Crippen molar-refractivity contribution in [2.75, 3.05) is 26.4 Å². The van der Waals surface area contributed by atoms with Gasteiger partial charge in [-0.15, -0.1) is 0 Å². The van der Waals surface area contributed by atoms with Crippen LogP contribution < -0.4 is 0 Å².